The summed E-state index contributed by atoms with van der Waals surface area (Å²) in [6, 6.07) is 15.5. The third kappa shape index (κ3) is 4.42. The van der Waals surface area contributed by atoms with E-state index in [-0.39, 0.29) is 30.0 Å². The summed E-state index contributed by atoms with van der Waals surface area (Å²) in [5.74, 6) is -0.816. The largest absolute Gasteiger partial charge is 0.430 e. The molecule has 4 rings (SSSR count). The molecule has 0 unspecified atom stereocenters. The van der Waals surface area contributed by atoms with Crippen LogP contribution in [0.3, 0.4) is 0 Å². The van der Waals surface area contributed by atoms with E-state index in [4.69, 9.17) is 4.74 Å². The molecule has 35 heavy (non-hydrogen) atoms. The second-order valence-corrected chi connectivity index (χ2v) is 9.86. The summed E-state index contributed by atoms with van der Waals surface area (Å²) in [5.41, 5.74) is -0.882. The first-order valence-corrected chi connectivity index (χ1v) is 12.1. The first kappa shape index (κ1) is 25.5. The normalized spacial score (nSPS) is 22.0. The molecule has 5 nitrogen and oxygen atoms in total. The van der Waals surface area contributed by atoms with Gasteiger partial charge in [0.15, 0.2) is 0 Å². The summed E-state index contributed by atoms with van der Waals surface area (Å²) in [6.45, 7) is 2.22. The molecule has 0 bridgehead atoms. The van der Waals surface area contributed by atoms with E-state index in [0.29, 0.717) is 12.8 Å². The Morgan fingerprint density at radius 3 is 2.26 bits per heavy atom. The van der Waals surface area contributed by atoms with Gasteiger partial charge in [-0.3, -0.25) is 4.79 Å². The zero-order valence-corrected chi connectivity index (χ0v) is 20.6. The molecule has 2 aliphatic heterocycles. The molecule has 2 aliphatic rings. The lowest BCUT2D eigenvalue weighted by atomic mass is 9.62. The van der Waals surface area contributed by atoms with Gasteiger partial charge in [0.25, 0.3) is 11.5 Å². The lowest BCUT2D eigenvalue weighted by Crippen LogP contribution is -2.59. The maximum absolute atomic E-state index is 14.4. The number of rotatable bonds is 5. The van der Waals surface area contributed by atoms with Gasteiger partial charge in [0, 0.05) is 58.0 Å². The van der Waals surface area contributed by atoms with Gasteiger partial charge in [-0.05, 0) is 42.9 Å². The highest BCUT2D eigenvalue weighted by molar-refractivity contribution is 5.88. The molecule has 2 aromatic carbocycles. The zero-order valence-electron chi connectivity index (χ0n) is 20.6. The number of nitrogens with one attached hydrogen (secondary N) is 1. The van der Waals surface area contributed by atoms with Crippen LogP contribution in [0.2, 0.25) is 0 Å². The van der Waals surface area contributed by atoms with Gasteiger partial charge in [0.05, 0.1) is 0 Å². The molecule has 2 heterocycles. The molecule has 0 aromatic heterocycles. The Kier molecular flexibility index (Phi) is 7.16. The SMILES string of the molecule is CO[C@@](C(=O)N1CCC2(CCNC[C@@H]2c2ccccc2N(C)C)CC1)(c1ccccc1)C(F)(F)F. The van der Waals surface area contributed by atoms with E-state index >= 15 is 0 Å². The summed E-state index contributed by atoms with van der Waals surface area (Å²) in [5, 5.41) is 3.51. The van der Waals surface area contributed by atoms with Crippen LogP contribution in [0.5, 0.6) is 0 Å². The number of halogens is 3. The van der Waals surface area contributed by atoms with Crippen molar-refractivity contribution in [1.82, 2.24) is 10.2 Å². The van der Waals surface area contributed by atoms with Gasteiger partial charge in [0.2, 0.25) is 0 Å². The van der Waals surface area contributed by atoms with Crippen LogP contribution in [0.15, 0.2) is 54.6 Å². The minimum absolute atomic E-state index is 0.0745. The first-order chi connectivity index (χ1) is 16.7. The standard InChI is InChI=1S/C27H34F3N3O2/c1-32(2)23-12-8-7-11-21(23)22-19-31-16-13-25(22)14-17-33(18-15-25)24(34)26(35-3,27(28,29)30)20-9-5-4-6-10-20/h4-12,22,31H,13-19H2,1-3H3/t22-,26-/m1/s1. The number of ether oxygens (including phenoxy) is 1. The Morgan fingerprint density at radius 1 is 1.03 bits per heavy atom. The van der Waals surface area contributed by atoms with Crippen molar-refractivity contribution in [2.24, 2.45) is 5.41 Å². The van der Waals surface area contributed by atoms with E-state index in [2.05, 4.69) is 22.3 Å². The van der Waals surface area contributed by atoms with Crippen molar-refractivity contribution in [3.05, 3.63) is 65.7 Å². The predicted octanol–water partition coefficient (Wildman–Crippen LogP) is 4.54. The number of likely N-dealkylation sites (tertiary alicyclic amines) is 1. The van der Waals surface area contributed by atoms with E-state index in [9.17, 15) is 18.0 Å². The van der Waals surface area contributed by atoms with Gasteiger partial charge in [-0.1, -0.05) is 48.5 Å². The van der Waals surface area contributed by atoms with Gasteiger partial charge in [0.1, 0.15) is 0 Å². The number of alkyl halides is 3. The van der Waals surface area contributed by atoms with E-state index in [0.717, 1.165) is 32.3 Å². The number of hydrogen-bond acceptors (Lipinski definition) is 4. The fourth-order valence-corrected chi connectivity index (χ4v) is 5.98. The summed E-state index contributed by atoms with van der Waals surface area (Å²) in [7, 11) is 5.01. The summed E-state index contributed by atoms with van der Waals surface area (Å²) >= 11 is 0. The average Bonchev–Trinajstić information content (AvgIpc) is 2.85. The Balaban J connectivity index is 1.62. The Hall–Kier alpha value is -2.58. The van der Waals surface area contributed by atoms with Crippen molar-refractivity contribution < 1.29 is 22.7 Å². The maximum atomic E-state index is 14.4. The van der Waals surface area contributed by atoms with Gasteiger partial charge < -0.3 is 19.9 Å². The minimum atomic E-state index is -4.89. The molecule has 0 aliphatic carbocycles. The molecule has 2 saturated heterocycles. The molecule has 1 amide bonds. The number of piperidine rings is 2. The van der Waals surface area contributed by atoms with Crippen LogP contribution in [0.1, 0.15) is 36.3 Å². The molecule has 0 saturated carbocycles. The van der Waals surface area contributed by atoms with Crippen LogP contribution in [-0.4, -0.2) is 64.4 Å². The first-order valence-electron chi connectivity index (χ1n) is 12.1. The highest BCUT2D eigenvalue weighted by Gasteiger charge is 2.64. The number of amides is 1. The number of nitrogens with zero attached hydrogens (tertiary/aromatic N) is 2. The van der Waals surface area contributed by atoms with E-state index < -0.39 is 17.7 Å². The van der Waals surface area contributed by atoms with Crippen LogP contribution in [0.25, 0.3) is 0 Å². The number of carbonyl (C=O) groups is 1. The zero-order chi connectivity index (χ0) is 25.3. The quantitative estimate of drug-likeness (QED) is 0.670. The average molecular weight is 490 g/mol. The van der Waals surface area contributed by atoms with E-state index in [1.165, 1.54) is 34.7 Å². The summed E-state index contributed by atoms with van der Waals surface area (Å²) < 4.78 is 48.3. The lowest BCUT2D eigenvalue weighted by Gasteiger charge is -2.51. The maximum Gasteiger partial charge on any atom is 0.430 e. The molecule has 2 fully saturated rings. The number of para-hydroxylation sites is 1. The van der Waals surface area contributed by atoms with Crippen molar-refractivity contribution in [1.29, 1.82) is 0 Å². The van der Waals surface area contributed by atoms with Crippen LogP contribution in [0.4, 0.5) is 18.9 Å². The fourth-order valence-electron chi connectivity index (χ4n) is 5.98. The molecule has 1 spiro atoms. The third-order valence-electron chi connectivity index (χ3n) is 7.91. The number of carbonyl (C=O) groups excluding carboxylic acids is 1. The Morgan fingerprint density at radius 2 is 1.66 bits per heavy atom. The molecule has 2 aromatic rings. The minimum Gasteiger partial charge on any atom is -0.377 e. The molecular formula is C27H34F3N3O2. The molecule has 0 radical (unpaired) electrons. The molecule has 1 N–H and O–H groups in total. The van der Waals surface area contributed by atoms with E-state index in [1.54, 1.807) is 6.07 Å². The number of benzene rings is 2. The van der Waals surface area contributed by atoms with Crippen molar-refractivity contribution in [2.45, 2.75) is 37.0 Å². The topological polar surface area (TPSA) is 44.8 Å². The van der Waals surface area contributed by atoms with Gasteiger partial charge in [-0.2, -0.15) is 13.2 Å². The summed E-state index contributed by atoms with van der Waals surface area (Å²) in [6.07, 6.45) is -2.66. The summed E-state index contributed by atoms with van der Waals surface area (Å²) in [4.78, 5) is 17.0. The van der Waals surface area contributed by atoms with Gasteiger partial charge in [-0.25, -0.2) is 0 Å². The lowest BCUT2D eigenvalue weighted by molar-refractivity contribution is -0.271. The second kappa shape index (κ2) is 9.82. The van der Waals surface area contributed by atoms with Crippen molar-refractivity contribution in [3.8, 4) is 0 Å². The van der Waals surface area contributed by atoms with Crippen molar-refractivity contribution >= 4 is 11.6 Å². The highest BCUT2D eigenvalue weighted by Crippen LogP contribution is 2.51. The Bertz CT molecular complexity index is 1020. The van der Waals surface area contributed by atoms with Crippen molar-refractivity contribution in [2.75, 3.05) is 52.3 Å². The number of anilines is 1. The number of methoxy groups -OCH3 is 1. The molecule has 2 atom stereocenters. The number of hydrogen-bond donors (Lipinski definition) is 1. The monoisotopic (exact) mass is 489 g/mol. The predicted molar refractivity (Wildman–Crippen MR) is 130 cm³/mol. The van der Waals surface area contributed by atoms with Crippen LogP contribution < -0.4 is 10.2 Å². The Labute approximate surface area is 205 Å². The second-order valence-electron chi connectivity index (χ2n) is 9.86. The smallest absolute Gasteiger partial charge is 0.377 e. The third-order valence-corrected chi connectivity index (χ3v) is 7.91. The van der Waals surface area contributed by atoms with Crippen LogP contribution >= 0.6 is 0 Å². The van der Waals surface area contributed by atoms with Crippen LogP contribution in [-0.2, 0) is 15.1 Å². The fraction of sp³-hybridized carbons (Fsp3) is 0.519. The molecular weight excluding hydrogens is 455 g/mol. The van der Waals surface area contributed by atoms with Gasteiger partial charge in [-0.15, -0.1) is 0 Å². The molecule has 190 valence electrons. The van der Waals surface area contributed by atoms with Gasteiger partial charge >= 0.3 is 6.18 Å². The highest BCUT2D eigenvalue weighted by atomic mass is 19.4. The van der Waals surface area contributed by atoms with Crippen molar-refractivity contribution in [3.63, 3.8) is 0 Å². The van der Waals surface area contributed by atoms with Crippen LogP contribution in [0, 0.1) is 5.41 Å². The molecule has 8 heteroatoms. The van der Waals surface area contributed by atoms with E-state index in [1.807, 2.05) is 26.2 Å².